The molecule has 3 N–H and O–H groups in total. The summed E-state index contributed by atoms with van der Waals surface area (Å²) in [4.78, 5) is 24.2. The minimum absolute atomic E-state index is 0.0474. The Labute approximate surface area is 117 Å². The molecule has 1 heterocycles. The number of carbonyl (C=O) groups is 2. The number of carbonyl (C=O) groups excluding carboxylic acids is 1. The Bertz CT molecular complexity index is 530. The number of hydrogen-bond acceptors (Lipinski definition) is 4. The Morgan fingerprint density at radius 2 is 2.25 bits per heavy atom. The zero-order valence-electron chi connectivity index (χ0n) is 11.3. The molecule has 0 aliphatic carbocycles. The highest BCUT2D eigenvalue weighted by Crippen LogP contribution is 2.24. The molecule has 108 valence electrons. The van der Waals surface area contributed by atoms with Crippen molar-refractivity contribution in [3.05, 3.63) is 29.3 Å². The number of carboxylic acids is 1. The Morgan fingerprint density at radius 1 is 1.50 bits per heavy atom. The van der Waals surface area contributed by atoms with Crippen molar-refractivity contribution in [2.75, 3.05) is 24.6 Å². The fourth-order valence-corrected chi connectivity index (χ4v) is 2.37. The Hall–Kier alpha value is -2.08. The monoisotopic (exact) mass is 278 g/mol. The second-order valence-electron chi connectivity index (χ2n) is 4.92. The number of benzene rings is 1. The van der Waals surface area contributed by atoms with Crippen LogP contribution in [-0.2, 0) is 9.53 Å². The van der Waals surface area contributed by atoms with Crippen LogP contribution in [0.25, 0.3) is 0 Å². The molecule has 1 aromatic rings. The highest BCUT2D eigenvalue weighted by molar-refractivity contribution is 5.98. The number of carboxylic acid groups (broad SMARTS) is 1. The van der Waals surface area contributed by atoms with E-state index in [2.05, 4.69) is 0 Å². The lowest BCUT2D eigenvalue weighted by Crippen LogP contribution is -2.44. The van der Waals surface area contributed by atoms with Crippen LogP contribution in [-0.4, -0.2) is 42.8 Å². The fraction of sp³-hybridized carbons (Fsp3) is 0.429. The van der Waals surface area contributed by atoms with Gasteiger partial charge in [-0.2, -0.15) is 0 Å². The first-order chi connectivity index (χ1) is 9.47. The number of primary amides is 1. The van der Waals surface area contributed by atoms with E-state index < -0.39 is 11.9 Å². The van der Waals surface area contributed by atoms with Gasteiger partial charge in [0.15, 0.2) is 0 Å². The van der Waals surface area contributed by atoms with Crippen LogP contribution in [0.4, 0.5) is 5.69 Å². The molecule has 1 atom stereocenters. The van der Waals surface area contributed by atoms with E-state index >= 15 is 0 Å². The van der Waals surface area contributed by atoms with Gasteiger partial charge < -0.3 is 20.5 Å². The minimum Gasteiger partial charge on any atom is -0.481 e. The molecule has 0 spiro atoms. The first-order valence-corrected chi connectivity index (χ1v) is 6.46. The second-order valence-corrected chi connectivity index (χ2v) is 4.92. The van der Waals surface area contributed by atoms with Gasteiger partial charge in [0, 0.05) is 18.8 Å². The van der Waals surface area contributed by atoms with Crippen LogP contribution in [0.15, 0.2) is 18.2 Å². The second kappa shape index (κ2) is 5.92. The Kier molecular flexibility index (Phi) is 4.24. The number of amides is 1. The van der Waals surface area contributed by atoms with E-state index in [1.54, 1.807) is 6.07 Å². The van der Waals surface area contributed by atoms with Gasteiger partial charge in [0.25, 0.3) is 5.91 Å². The summed E-state index contributed by atoms with van der Waals surface area (Å²) in [5, 5.41) is 8.84. The number of anilines is 1. The predicted octanol–water partition coefficient (Wildman–Crippen LogP) is 0.774. The summed E-state index contributed by atoms with van der Waals surface area (Å²) in [6.45, 7) is 3.42. The number of morpholine rings is 1. The molecule has 20 heavy (non-hydrogen) atoms. The summed E-state index contributed by atoms with van der Waals surface area (Å²) >= 11 is 0. The molecule has 0 saturated carbocycles. The van der Waals surface area contributed by atoms with Crippen molar-refractivity contribution in [1.82, 2.24) is 0 Å². The molecule has 1 unspecified atom stereocenters. The first kappa shape index (κ1) is 14.3. The van der Waals surface area contributed by atoms with Crippen molar-refractivity contribution in [2.24, 2.45) is 5.73 Å². The van der Waals surface area contributed by atoms with Crippen molar-refractivity contribution in [3.8, 4) is 0 Å². The minimum atomic E-state index is -0.892. The number of rotatable bonds is 4. The molecule has 1 aliphatic rings. The van der Waals surface area contributed by atoms with Crippen molar-refractivity contribution in [1.29, 1.82) is 0 Å². The van der Waals surface area contributed by atoms with Gasteiger partial charge in [0.1, 0.15) is 0 Å². The normalized spacial score (nSPS) is 18.9. The van der Waals surface area contributed by atoms with E-state index in [1.807, 2.05) is 24.0 Å². The lowest BCUT2D eigenvalue weighted by molar-refractivity contribution is -0.140. The molecule has 1 saturated heterocycles. The van der Waals surface area contributed by atoms with Crippen LogP contribution in [0.2, 0.25) is 0 Å². The highest BCUT2D eigenvalue weighted by Gasteiger charge is 2.25. The van der Waals surface area contributed by atoms with E-state index in [0.717, 1.165) is 11.3 Å². The van der Waals surface area contributed by atoms with Gasteiger partial charge in [-0.05, 0) is 24.6 Å². The molecule has 6 nitrogen and oxygen atoms in total. The van der Waals surface area contributed by atoms with Gasteiger partial charge in [0.05, 0.1) is 24.7 Å². The smallest absolute Gasteiger partial charge is 0.306 e. The maximum Gasteiger partial charge on any atom is 0.306 e. The molecular weight excluding hydrogens is 260 g/mol. The van der Waals surface area contributed by atoms with Crippen LogP contribution in [0.1, 0.15) is 22.3 Å². The third-order valence-corrected chi connectivity index (χ3v) is 3.30. The molecule has 6 heteroatoms. The maximum atomic E-state index is 11.5. The maximum absolute atomic E-state index is 11.5. The average molecular weight is 278 g/mol. The van der Waals surface area contributed by atoms with Crippen LogP contribution in [0.5, 0.6) is 0 Å². The molecule has 1 aliphatic heterocycles. The van der Waals surface area contributed by atoms with Crippen molar-refractivity contribution in [2.45, 2.75) is 19.4 Å². The fourth-order valence-electron chi connectivity index (χ4n) is 2.37. The lowest BCUT2D eigenvalue weighted by Gasteiger charge is -2.35. The third kappa shape index (κ3) is 3.27. The molecule has 1 aromatic carbocycles. The quantitative estimate of drug-likeness (QED) is 0.848. The van der Waals surface area contributed by atoms with E-state index in [1.165, 1.54) is 0 Å². The van der Waals surface area contributed by atoms with E-state index in [-0.39, 0.29) is 12.5 Å². The molecule has 1 fully saturated rings. The molecule has 0 bridgehead atoms. The van der Waals surface area contributed by atoms with Gasteiger partial charge in [-0.3, -0.25) is 9.59 Å². The molecular formula is C14H18N2O4. The zero-order valence-corrected chi connectivity index (χ0v) is 11.3. The van der Waals surface area contributed by atoms with Crippen LogP contribution in [0, 0.1) is 6.92 Å². The Morgan fingerprint density at radius 3 is 2.90 bits per heavy atom. The molecule has 2 rings (SSSR count). The number of ether oxygens (including phenoxy) is 1. The van der Waals surface area contributed by atoms with Crippen LogP contribution >= 0.6 is 0 Å². The van der Waals surface area contributed by atoms with Crippen molar-refractivity contribution in [3.63, 3.8) is 0 Å². The lowest BCUT2D eigenvalue weighted by atomic mass is 10.1. The van der Waals surface area contributed by atoms with E-state index in [9.17, 15) is 9.59 Å². The first-order valence-electron chi connectivity index (χ1n) is 6.46. The molecule has 0 radical (unpaired) electrons. The van der Waals surface area contributed by atoms with Crippen molar-refractivity contribution < 1.29 is 19.4 Å². The predicted molar refractivity (Wildman–Crippen MR) is 73.9 cm³/mol. The van der Waals surface area contributed by atoms with Crippen LogP contribution in [0.3, 0.4) is 0 Å². The summed E-state index contributed by atoms with van der Waals surface area (Å²) in [5.74, 6) is -1.38. The SMILES string of the molecule is Cc1ccc(C(N)=O)c(N2CCOC(CC(=O)O)C2)c1. The standard InChI is InChI=1S/C14H18N2O4/c1-9-2-3-11(14(15)19)12(6-9)16-4-5-20-10(8-16)7-13(17)18/h2-3,6,10H,4-5,7-8H2,1H3,(H2,15,19)(H,17,18). The number of hydrogen-bond donors (Lipinski definition) is 2. The number of nitrogens with two attached hydrogens (primary N) is 1. The van der Waals surface area contributed by atoms with Crippen LogP contribution < -0.4 is 10.6 Å². The van der Waals surface area contributed by atoms with E-state index in [4.69, 9.17) is 15.6 Å². The van der Waals surface area contributed by atoms with E-state index in [0.29, 0.717) is 25.3 Å². The zero-order chi connectivity index (χ0) is 14.7. The molecule has 0 aromatic heterocycles. The topological polar surface area (TPSA) is 92.9 Å². The van der Waals surface area contributed by atoms with Crippen molar-refractivity contribution >= 4 is 17.6 Å². The third-order valence-electron chi connectivity index (χ3n) is 3.30. The summed E-state index contributed by atoms with van der Waals surface area (Å²) in [7, 11) is 0. The summed E-state index contributed by atoms with van der Waals surface area (Å²) in [6, 6.07) is 5.43. The summed E-state index contributed by atoms with van der Waals surface area (Å²) in [5.41, 5.74) is 7.61. The van der Waals surface area contributed by atoms with Gasteiger partial charge in [-0.1, -0.05) is 6.07 Å². The molecule has 1 amide bonds. The summed E-state index contributed by atoms with van der Waals surface area (Å²) < 4.78 is 5.43. The largest absolute Gasteiger partial charge is 0.481 e. The van der Waals surface area contributed by atoms with Gasteiger partial charge in [0.2, 0.25) is 0 Å². The Balaban J connectivity index is 2.24. The highest BCUT2D eigenvalue weighted by atomic mass is 16.5. The average Bonchev–Trinajstić information content (AvgIpc) is 2.37. The number of nitrogens with zero attached hydrogens (tertiary/aromatic N) is 1. The summed E-state index contributed by atoms with van der Waals surface area (Å²) in [6.07, 6.45) is -0.420. The van der Waals surface area contributed by atoms with Gasteiger partial charge in [-0.15, -0.1) is 0 Å². The van der Waals surface area contributed by atoms with Gasteiger partial charge >= 0.3 is 5.97 Å². The van der Waals surface area contributed by atoms with Gasteiger partial charge in [-0.25, -0.2) is 0 Å². The number of aryl methyl sites for hydroxylation is 1. The number of aliphatic carboxylic acids is 1.